The Kier molecular flexibility index (Phi) is 11.0. The van der Waals surface area contributed by atoms with Crippen LogP contribution >= 0.6 is 23.1 Å². The summed E-state index contributed by atoms with van der Waals surface area (Å²) in [6, 6.07) is 10.6. The van der Waals surface area contributed by atoms with Gasteiger partial charge < -0.3 is 32.5 Å². The number of amides is 2. The third-order valence-corrected chi connectivity index (χ3v) is 10.4. The van der Waals surface area contributed by atoms with Gasteiger partial charge in [0.1, 0.15) is 5.84 Å². The van der Waals surface area contributed by atoms with E-state index < -0.39 is 21.8 Å². The largest absolute Gasteiger partial charge is 0.481 e. The van der Waals surface area contributed by atoms with Crippen LogP contribution in [-0.2, 0) is 14.6 Å². The van der Waals surface area contributed by atoms with Crippen molar-refractivity contribution in [3.63, 3.8) is 0 Å². The average molecular weight is 632 g/mol. The first-order chi connectivity index (χ1) is 19.8. The molecule has 0 fully saturated rings. The molecule has 42 heavy (non-hydrogen) atoms. The molecule has 0 aliphatic carbocycles. The molecule has 224 valence electrons. The van der Waals surface area contributed by atoms with Crippen LogP contribution < -0.4 is 27.4 Å². The summed E-state index contributed by atoms with van der Waals surface area (Å²) in [5.41, 5.74) is 13.7. The number of carboxylic acid groups (broad SMARTS) is 1. The third-order valence-electron chi connectivity index (χ3n) is 6.06. The van der Waals surface area contributed by atoms with Crippen molar-refractivity contribution in [1.29, 1.82) is 10.8 Å². The molecule has 12 nitrogen and oxygen atoms in total. The molecule has 0 aliphatic heterocycles. The van der Waals surface area contributed by atoms with Gasteiger partial charge in [-0.05, 0) is 67.5 Å². The number of rotatable bonds is 13. The Bertz CT molecular complexity index is 1620. The van der Waals surface area contributed by atoms with Crippen molar-refractivity contribution in [3.8, 4) is 11.1 Å². The predicted octanol–water partition coefficient (Wildman–Crippen LogP) is 4.63. The maximum atomic E-state index is 13.7. The number of carboxylic acids is 1. The molecule has 0 saturated carbocycles. The van der Waals surface area contributed by atoms with E-state index in [-0.39, 0.29) is 28.0 Å². The van der Waals surface area contributed by atoms with Crippen LogP contribution in [0, 0.1) is 17.7 Å². The molecular formula is C27H33N7O5S3. The Morgan fingerprint density at radius 2 is 1.79 bits per heavy atom. The van der Waals surface area contributed by atoms with Crippen LogP contribution in [0.15, 0.2) is 56.5 Å². The SMILES string of the molecule is CSc1sc(C(=N)N)cc1S(=O)(=O)c1cccc(-c2c(C)cc(NC(=N)N)cc2NC(=O)NCCCCCC(=O)O)c1. The Hall–Kier alpha value is -4.08. The Morgan fingerprint density at radius 3 is 2.43 bits per heavy atom. The number of carbonyl (C=O) groups excluding carboxylic acids is 1. The van der Waals surface area contributed by atoms with Crippen LogP contribution in [-0.4, -0.2) is 50.1 Å². The van der Waals surface area contributed by atoms with E-state index in [1.54, 1.807) is 37.4 Å². The zero-order valence-electron chi connectivity index (χ0n) is 23.0. The number of sulfone groups is 1. The first-order valence-electron chi connectivity index (χ1n) is 12.7. The molecule has 1 heterocycles. The Balaban J connectivity index is 1.96. The lowest BCUT2D eigenvalue weighted by atomic mass is 9.97. The van der Waals surface area contributed by atoms with E-state index in [9.17, 15) is 18.0 Å². The van der Waals surface area contributed by atoms with Crippen molar-refractivity contribution in [2.24, 2.45) is 11.5 Å². The number of benzene rings is 2. The first-order valence-corrected chi connectivity index (χ1v) is 16.3. The highest BCUT2D eigenvalue weighted by atomic mass is 32.2. The minimum atomic E-state index is -3.98. The van der Waals surface area contributed by atoms with E-state index >= 15 is 0 Å². The minimum Gasteiger partial charge on any atom is -0.481 e. The smallest absolute Gasteiger partial charge is 0.319 e. The quantitative estimate of drug-likeness (QED) is 0.0568. The van der Waals surface area contributed by atoms with Gasteiger partial charge in [-0.1, -0.05) is 18.6 Å². The molecule has 3 rings (SSSR count). The number of nitrogens with one attached hydrogen (secondary N) is 5. The van der Waals surface area contributed by atoms with Crippen LogP contribution in [0.25, 0.3) is 11.1 Å². The molecule has 2 aromatic carbocycles. The number of nitrogen functional groups attached to an aromatic ring is 1. The highest BCUT2D eigenvalue weighted by Gasteiger charge is 2.26. The van der Waals surface area contributed by atoms with Crippen LogP contribution in [0.2, 0.25) is 0 Å². The number of aryl methyl sites for hydroxylation is 1. The second-order valence-electron chi connectivity index (χ2n) is 9.25. The topological polar surface area (TPSA) is 224 Å². The summed E-state index contributed by atoms with van der Waals surface area (Å²) in [6.45, 7) is 2.12. The van der Waals surface area contributed by atoms with Gasteiger partial charge in [0.05, 0.1) is 24.6 Å². The lowest BCUT2D eigenvalue weighted by Crippen LogP contribution is -2.30. The number of guanidine groups is 1. The van der Waals surface area contributed by atoms with Crippen molar-refractivity contribution < 1.29 is 23.1 Å². The average Bonchev–Trinajstić information content (AvgIpc) is 3.36. The fourth-order valence-electron chi connectivity index (χ4n) is 4.21. The van der Waals surface area contributed by atoms with Gasteiger partial charge in [-0.2, -0.15) is 0 Å². The van der Waals surface area contributed by atoms with Crippen molar-refractivity contribution in [3.05, 3.63) is 52.9 Å². The van der Waals surface area contributed by atoms with E-state index in [0.29, 0.717) is 63.0 Å². The zero-order chi connectivity index (χ0) is 31.0. The van der Waals surface area contributed by atoms with Gasteiger partial charge in [0.2, 0.25) is 9.84 Å². The maximum absolute atomic E-state index is 13.7. The number of hydrogen-bond donors (Lipinski definition) is 8. The van der Waals surface area contributed by atoms with Crippen molar-refractivity contribution in [2.45, 2.75) is 46.6 Å². The minimum absolute atomic E-state index is 0.0327. The predicted molar refractivity (Wildman–Crippen MR) is 168 cm³/mol. The number of carbonyl (C=O) groups is 2. The summed E-state index contributed by atoms with van der Waals surface area (Å²) in [6.07, 6.45) is 3.59. The number of amidine groups is 1. The Morgan fingerprint density at radius 1 is 1.05 bits per heavy atom. The van der Waals surface area contributed by atoms with Crippen molar-refractivity contribution in [1.82, 2.24) is 5.32 Å². The summed E-state index contributed by atoms with van der Waals surface area (Å²) < 4.78 is 27.9. The monoisotopic (exact) mass is 631 g/mol. The van der Waals surface area contributed by atoms with Crippen molar-refractivity contribution >= 4 is 68.1 Å². The number of unbranched alkanes of at least 4 members (excludes halogenated alkanes) is 2. The van der Waals surface area contributed by atoms with E-state index in [4.69, 9.17) is 27.4 Å². The van der Waals surface area contributed by atoms with Gasteiger partial charge in [0.15, 0.2) is 5.96 Å². The van der Waals surface area contributed by atoms with Crippen LogP contribution in [0.5, 0.6) is 0 Å². The summed E-state index contributed by atoms with van der Waals surface area (Å²) in [4.78, 5) is 23.9. The number of nitrogens with two attached hydrogens (primary N) is 2. The second-order valence-corrected chi connectivity index (χ2v) is 13.3. The molecule has 2 amide bonds. The molecule has 0 unspecified atom stereocenters. The molecule has 3 aromatic rings. The molecule has 10 N–H and O–H groups in total. The molecule has 15 heteroatoms. The molecule has 0 radical (unpaired) electrons. The normalized spacial score (nSPS) is 11.1. The van der Waals surface area contributed by atoms with Gasteiger partial charge in [-0.25, -0.2) is 13.2 Å². The van der Waals surface area contributed by atoms with Crippen molar-refractivity contribution in [2.75, 3.05) is 23.4 Å². The lowest BCUT2D eigenvalue weighted by Gasteiger charge is -2.18. The number of thioether (sulfide) groups is 1. The Labute approximate surface area is 252 Å². The standard InChI is InChI=1S/C27H33N7O5S3/c1-15-11-17(33-26(30)31)13-19(34-27(37)32-10-5-3-4-9-22(35)36)23(15)16-7-6-8-18(12-16)42(38,39)21-14-20(24(28)29)41-25(21)40-2/h6-8,11-14H,3-5,9-10H2,1-2H3,(H3,28,29)(H,35,36)(H4,30,31,33)(H2,32,34,37). The zero-order valence-corrected chi connectivity index (χ0v) is 25.5. The van der Waals surface area contributed by atoms with E-state index in [2.05, 4.69) is 16.0 Å². The van der Waals surface area contributed by atoms with E-state index in [0.717, 1.165) is 11.3 Å². The number of aliphatic carboxylic acids is 1. The molecule has 0 saturated heterocycles. The first kappa shape index (κ1) is 32.4. The highest BCUT2D eigenvalue weighted by Crippen LogP contribution is 2.39. The fourth-order valence-corrected chi connectivity index (χ4v) is 8.11. The van der Waals surface area contributed by atoms with Crippen LogP contribution in [0.1, 0.15) is 36.1 Å². The molecule has 1 aromatic heterocycles. The summed E-state index contributed by atoms with van der Waals surface area (Å²) in [7, 11) is -3.98. The van der Waals surface area contributed by atoms with Crippen LogP contribution in [0.3, 0.4) is 0 Å². The number of urea groups is 1. The number of thiophene rings is 1. The third kappa shape index (κ3) is 8.24. The summed E-state index contributed by atoms with van der Waals surface area (Å²) >= 11 is 2.40. The molecule has 0 atom stereocenters. The summed E-state index contributed by atoms with van der Waals surface area (Å²) in [5, 5.41) is 32.3. The number of anilines is 2. The molecular weight excluding hydrogens is 599 g/mol. The van der Waals surface area contributed by atoms with Gasteiger partial charge >= 0.3 is 12.0 Å². The fraction of sp³-hybridized carbons (Fsp3) is 0.259. The summed E-state index contributed by atoms with van der Waals surface area (Å²) in [5.74, 6) is -1.37. The lowest BCUT2D eigenvalue weighted by molar-refractivity contribution is -0.137. The van der Waals surface area contributed by atoms with E-state index in [1.807, 2.05) is 0 Å². The van der Waals surface area contributed by atoms with Gasteiger partial charge in [0, 0.05) is 24.2 Å². The highest BCUT2D eigenvalue weighted by molar-refractivity contribution is 8.01. The second kappa shape index (κ2) is 14.2. The van der Waals surface area contributed by atoms with Gasteiger partial charge in [-0.3, -0.25) is 15.6 Å². The molecule has 0 aliphatic rings. The van der Waals surface area contributed by atoms with Gasteiger partial charge in [0.25, 0.3) is 0 Å². The van der Waals surface area contributed by atoms with E-state index in [1.165, 1.54) is 30.0 Å². The van der Waals surface area contributed by atoms with Gasteiger partial charge in [-0.15, -0.1) is 23.1 Å². The molecule has 0 bridgehead atoms. The van der Waals surface area contributed by atoms with Crippen LogP contribution in [0.4, 0.5) is 16.2 Å². The molecule has 0 spiro atoms. The number of hydrogen-bond acceptors (Lipinski definition) is 8. The maximum Gasteiger partial charge on any atom is 0.319 e.